The number of hydrogen-bond donors (Lipinski definition) is 1. The van der Waals surface area contributed by atoms with Crippen molar-refractivity contribution in [3.8, 4) is 22.1 Å². The van der Waals surface area contributed by atoms with Crippen LogP contribution in [0.1, 0.15) is 11.1 Å². The number of nitrogens with zero attached hydrogens (tertiary/aromatic N) is 2. The fourth-order valence-corrected chi connectivity index (χ4v) is 4.57. The molecular weight excluding hydrogens is 422 g/mol. The molecule has 0 bridgehead atoms. The summed E-state index contributed by atoms with van der Waals surface area (Å²) in [6, 6.07) is 7.55. The number of fused-ring (bicyclic) bond motifs is 1. The lowest BCUT2D eigenvalue weighted by atomic mass is 10.0. The van der Waals surface area contributed by atoms with Crippen LogP contribution in [0.2, 0.25) is 0 Å². The number of methoxy groups -OCH3 is 2. The Bertz CT molecular complexity index is 1110. The predicted molar refractivity (Wildman–Crippen MR) is 118 cm³/mol. The van der Waals surface area contributed by atoms with Gasteiger partial charge in [-0.05, 0) is 40.8 Å². The van der Waals surface area contributed by atoms with Crippen LogP contribution in [-0.4, -0.2) is 42.5 Å². The lowest BCUT2D eigenvalue weighted by Crippen LogP contribution is -2.34. The summed E-state index contributed by atoms with van der Waals surface area (Å²) in [6.07, 6.45) is 3.59. The maximum Gasteiger partial charge on any atom is 0.246 e. The smallest absolute Gasteiger partial charge is 0.246 e. The molecule has 1 aliphatic heterocycles. The van der Waals surface area contributed by atoms with Crippen LogP contribution in [0, 0.1) is 0 Å². The van der Waals surface area contributed by atoms with Gasteiger partial charge in [0.1, 0.15) is 6.54 Å². The summed E-state index contributed by atoms with van der Waals surface area (Å²) >= 11 is 2.95. The van der Waals surface area contributed by atoms with Gasteiger partial charge in [-0.15, -0.1) is 22.7 Å². The number of nitrogens with one attached hydrogen (secondary N) is 1. The highest BCUT2D eigenvalue weighted by molar-refractivity contribution is 7.16. The summed E-state index contributed by atoms with van der Waals surface area (Å²) in [5.74, 6) is 0.672. The van der Waals surface area contributed by atoms with Gasteiger partial charge in [0.15, 0.2) is 16.6 Å². The van der Waals surface area contributed by atoms with Crippen LogP contribution in [-0.2, 0) is 16.0 Å². The molecular formula is C21H19N3O4S2. The molecule has 2 amide bonds. The Hall–Kier alpha value is -3.17. The summed E-state index contributed by atoms with van der Waals surface area (Å²) in [6.45, 7) is -0.0918. The minimum atomic E-state index is -0.304. The Labute approximate surface area is 181 Å². The van der Waals surface area contributed by atoms with Gasteiger partial charge in [-0.2, -0.15) is 0 Å². The van der Waals surface area contributed by atoms with Gasteiger partial charge in [-0.3, -0.25) is 9.59 Å². The molecule has 0 saturated heterocycles. The number of anilines is 1. The molecule has 0 fully saturated rings. The second-order valence-electron chi connectivity index (χ2n) is 6.48. The van der Waals surface area contributed by atoms with E-state index < -0.39 is 0 Å². The van der Waals surface area contributed by atoms with E-state index in [2.05, 4.69) is 10.3 Å². The minimum Gasteiger partial charge on any atom is -0.493 e. The van der Waals surface area contributed by atoms with Crippen molar-refractivity contribution < 1.29 is 19.1 Å². The fraction of sp³-hybridized carbons (Fsp3) is 0.190. The average Bonchev–Trinajstić information content (AvgIpc) is 3.40. The van der Waals surface area contributed by atoms with E-state index in [1.165, 1.54) is 16.2 Å². The molecule has 2 aromatic heterocycles. The molecule has 0 unspecified atom stereocenters. The summed E-state index contributed by atoms with van der Waals surface area (Å²) in [5, 5.41) is 7.16. The van der Waals surface area contributed by atoms with E-state index in [-0.39, 0.29) is 24.8 Å². The molecule has 0 aliphatic carbocycles. The highest BCUT2D eigenvalue weighted by atomic mass is 32.1. The van der Waals surface area contributed by atoms with Gasteiger partial charge in [0.25, 0.3) is 0 Å². The molecule has 7 nitrogen and oxygen atoms in total. The second-order valence-corrected chi connectivity index (χ2v) is 8.29. The van der Waals surface area contributed by atoms with Crippen molar-refractivity contribution in [2.24, 2.45) is 0 Å². The first-order valence-corrected chi connectivity index (χ1v) is 10.8. The number of carbonyl (C=O) groups is 2. The van der Waals surface area contributed by atoms with Crippen molar-refractivity contribution in [1.82, 2.24) is 9.88 Å². The maximum absolute atomic E-state index is 12.7. The summed E-state index contributed by atoms with van der Waals surface area (Å²) in [4.78, 5) is 32.1. The van der Waals surface area contributed by atoms with Crippen LogP contribution >= 0.6 is 22.7 Å². The van der Waals surface area contributed by atoms with Gasteiger partial charge < -0.3 is 19.7 Å². The number of benzene rings is 1. The number of aromatic nitrogens is 1. The number of hydrogen-bond acceptors (Lipinski definition) is 7. The Balaban J connectivity index is 1.44. The lowest BCUT2D eigenvalue weighted by molar-refractivity contribution is -0.131. The number of thiazole rings is 1. The zero-order chi connectivity index (χ0) is 21.1. The highest BCUT2D eigenvalue weighted by Crippen LogP contribution is 2.33. The molecule has 4 rings (SSSR count). The Morgan fingerprint density at radius 3 is 2.77 bits per heavy atom. The Kier molecular flexibility index (Phi) is 5.82. The molecule has 1 N–H and O–H groups in total. The van der Waals surface area contributed by atoms with Gasteiger partial charge >= 0.3 is 0 Å². The third-order valence-corrected chi connectivity index (χ3v) is 6.23. The summed E-state index contributed by atoms with van der Waals surface area (Å²) in [7, 11) is 3.12. The summed E-state index contributed by atoms with van der Waals surface area (Å²) in [5.41, 5.74) is 2.50. The topological polar surface area (TPSA) is 80.8 Å². The first-order valence-electron chi connectivity index (χ1n) is 9.09. The maximum atomic E-state index is 12.7. The van der Waals surface area contributed by atoms with E-state index >= 15 is 0 Å². The van der Waals surface area contributed by atoms with Crippen LogP contribution < -0.4 is 14.8 Å². The minimum absolute atomic E-state index is 0.0918. The second kappa shape index (κ2) is 8.68. The van der Waals surface area contributed by atoms with E-state index in [9.17, 15) is 9.59 Å². The van der Waals surface area contributed by atoms with Crippen molar-refractivity contribution in [2.75, 3.05) is 26.1 Å². The molecule has 30 heavy (non-hydrogen) atoms. The van der Waals surface area contributed by atoms with Gasteiger partial charge in [0.2, 0.25) is 11.8 Å². The third kappa shape index (κ3) is 4.22. The Morgan fingerprint density at radius 1 is 1.23 bits per heavy atom. The number of carbonyl (C=O) groups excluding carboxylic acids is 2. The molecule has 9 heteroatoms. The largest absolute Gasteiger partial charge is 0.493 e. The van der Waals surface area contributed by atoms with Crippen LogP contribution in [0.15, 0.2) is 41.2 Å². The van der Waals surface area contributed by atoms with Crippen molar-refractivity contribution in [2.45, 2.75) is 6.42 Å². The number of ether oxygens (including phenoxy) is 2. The van der Waals surface area contributed by atoms with Gasteiger partial charge in [0, 0.05) is 11.6 Å². The quantitative estimate of drug-likeness (QED) is 0.628. The average molecular weight is 442 g/mol. The van der Waals surface area contributed by atoms with Gasteiger partial charge in [-0.1, -0.05) is 6.07 Å². The molecule has 1 aliphatic rings. The highest BCUT2D eigenvalue weighted by Gasteiger charge is 2.22. The van der Waals surface area contributed by atoms with Crippen LogP contribution in [0.4, 0.5) is 5.13 Å². The number of thiophene rings is 1. The fourth-order valence-electron chi connectivity index (χ4n) is 3.09. The monoisotopic (exact) mass is 441 g/mol. The Morgan fingerprint density at radius 2 is 2.03 bits per heavy atom. The zero-order valence-electron chi connectivity index (χ0n) is 16.4. The van der Waals surface area contributed by atoms with E-state index in [4.69, 9.17) is 9.47 Å². The standard InChI is InChI=1S/C21H19N3O4S2/c1-27-16-8-13-5-6-24(20(26)10-14(13)9-17(16)28-2)11-19(25)23-21-22-15(12-30-21)18-4-3-7-29-18/h3-9,12H,10-11H2,1-2H3,(H,22,23,25). The van der Waals surface area contributed by atoms with E-state index in [1.54, 1.807) is 43.9 Å². The van der Waals surface area contributed by atoms with E-state index in [0.717, 1.165) is 21.7 Å². The predicted octanol–water partition coefficient (Wildman–Crippen LogP) is 3.88. The molecule has 3 aromatic rings. The van der Waals surface area contributed by atoms with Crippen molar-refractivity contribution in [3.05, 3.63) is 52.4 Å². The molecule has 0 atom stereocenters. The normalized spacial score (nSPS) is 13.0. The number of rotatable bonds is 6. The van der Waals surface area contributed by atoms with E-state index in [0.29, 0.717) is 16.6 Å². The third-order valence-electron chi connectivity index (χ3n) is 4.58. The number of amides is 2. The first-order chi connectivity index (χ1) is 14.6. The molecule has 0 spiro atoms. The van der Waals surface area contributed by atoms with E-state index in [1.807, 2.05) is 29.0 Å². The van der Waals surface area contributed by atoms with Crippen LogP contribution in [0.3, 0.4) is 0 Å². The van der Waals surface area contributed by atoms with Crippen molar-refractivity contribution >= 4 is 45.7 Å². The van der Waals surface area contributed by atoms with Crippen molar-refractivity contribution in [3.63, 3.8) is 0 Å². The molecule has 1 aromatic carbocycles. The van der Waals surface area contributed by atoms with Crippen LogP contribution in [0.25, 0.3) is 16.6 Å². The molecule has 154 valence electrons. The first kappa shape index (κ1) is 20.1. The zero-order valence-corrected chi connectivity index (χ0v) is 18.0. The molecule has 3 heterocycles. The van der Waals surface area contributed by atoms with Crippen LogP contribution in [0.5, 0.6) is 11.5 Å². The van der Waals surface area contributed by atoms with Gasteiger partial charge in [0.05, 0.1) is 31.2 Å². The SMILES string of the molecule is COc1cc2c(cc1OC)CC(=O)N(CC(=O)Nc1nc(-c3cccs3)cs1)C=C2. The lowest BCUT2D eigenvalue weighted by Gasteiger charge is -2.16. The molecule has 0 radical (unpaired) electrons. The molecule has 0 saturated carbocycles. The van der Waals surface area contributed by atoms with Crippen molar-refractivity contribution in [1.29, 1.82) is 0 Å². The van der Waals surface area contributed by atoms with Gasteiger partial charge in [-0.25, -0.2) is 4.98 Å². The summed E-state index contributed by atoms with van der Waals surface area (Å²) < 4.78 is 10.7.